The minimum Gasteiger partial charge on any atom is -0.397 e. The number of alkyl halides is 1. The highest BCUT2D eigenvalue weighted by molar-refractivity contribution is 9.10. The second kappa shape index (κ2) is 9.66. The van der Waals surface area contributed by atoms with Gasteiger partial charge in [0.05, 0.1) is 11.1 Å². The molecule has 11 heteroatoms. The highest BCUT2D eigenvalue weighted by Gasteiger charge is 2.65. The number of carbonyl (C=O) groups is 4. The van der Waals surface area contributed by atoms with Crippen molar-refractivity contribution in [2.45, 2.75) is 79.4 Å². The first kappa shape index (κ1) is 26.6. The molecule has 0 spiro atoms. The van der Waals surface area contributed by atoms with Crippen molar-refractivity contribution in [1.29, 1.82) is 0 Å². The van der Waals surface area contributed by atoms with Gasteiger partial charge in [0.1, 0.15) is 6.04 Å². The molecular formula is C29H30BrN3O5S2. The number of benzene rings is 1. The van der Waals surface area contributed by atoms with Gasteiger partial charge in [-0.15, -0.1) is 11.8 Å². The van der Waals surface area contributed by atoms with Crippen molar-refractivity contribution in [3.63, 3.8) is 0 Å². The van der Waals surface area contributed by atoms with Crippen LogP contribution < -0.4 is 10.1 Å². The Morgan fingerprint density at radius 3 is 2.75 bits per heavy atom. The number of thioether (sulfide) groups is 1. The summed E-state index contributed by atoms with van der Waals surface area (Å²) >= 11 is 6.96. The number of ether oxygens (including phenoxy) is 1. The first-order valence-corrected chi connectivity index (χ1v) is 16.6. The van der Waals surface area contributed by atoms with Crippen molar-refractivity contribution in [2.24, 2.45) is 23.2 Å². The van der Waals surface area contributed by atoms with E-state index in [9.17, 15) is 19.2 Å². The summed E-state index contributed by atoms with van der Waals surface area (Å²) in [6, 6.07) is 4.98. The lowest BCUT2D eigenvalue weighted by Crippen LogP contribution is -2.62. The zero-order valence-electron chi connectivity index (χ0n) is 22.1. The minimum atomic E-state index is -0.637. The van der Waals surface area contributed by atoms with Crippen molar-refractivity contribution in [2.75, 3.05) is 0 Å². The molecule has 8 rings (SSSR count). The Kier molecular flexibility index (Phi) is 6.43. The van der Waals surface area contributed by atoms with E-state index in [0.29, 0.717) is 41.3 Å². The van der Waals surface area contributed by atoms with E-state index in [1.165, 1.54) is 17.8 Å². The van der Waals surface area contributed by atoms with Gasteiger partial charge in [-0.1, -0.05) is 40.3 Å². The number of nitrogens with one attached hydrogen (secondary N) is 1. The molecule has 1 saturated heterocycles. The number of fused-ring (bicyclic) bond motifs is 1. The van der Waals surface area contributed by atoms with Gasteiger partial charge in [0.15, 0.2) is 0 Å². The van der Waals surface area contributed by atoms with E-state index in [2.05, 4.69) is 33.2 Å². The van der Waals surface area contributed by atoms with Gasteiger partial charge in [0, 0.05) is 38.9 Å². The number of imide groups is 1. The summed E-state index contributed by atoms with van der Waals surface area (Å²) in [4.78, 5) is 57.8. The number of halogens is 1. The molecule has 4 bridgehead atoms. The van der Waals surface area contributed by atoms with E-state index in [1.807, 2.05) is 17.5 Å². The predicted molar refractivity (Wildman–Crippen MR) is 153 cm³/mol. The largest absolute Gasteiger partial charge is 0.397 e. The number of rotatable bonds is 6. The van der Waals surface area contributed by atoms with Crippen LogP contribution in [0.5, 0.6) is 5.19 Å². The summed E-state index contributed by atoms with van der Waals surface area (Å²) in [5, 5.41) is 4.67. The quantitative estimate of drug-likeness (QED) is 0.202. The molecule has 4 saturated carbocycles. The molecule has 3 heterocycles. The number of aromatic nitrogens is 1. The van der Waals surface area contributed by atoms with Crippen LogP contribution in [0.15, 0.2) is 28.5 Å². The Bertz CT molecular complexity index is 1430. The molecular weight excluding hydrogens is 614 g/mol. The summed E-state index contributed by atoms with van der Waals surface area (Å²) in [6.45, 7) is 2.54. The molecule has 210 valence electrons. The number of hydrogen-bond donors (Lipinski definition) is 1. The summed E-state index contributed by atoms with van der Waals surface area (Å²) in [5.41, 5.74) is 1.87. The van der Waals surface area contributed by atoms with Crippen LogP contribution >= 0.6 is 39.0 Å². The van der Waals surface area contributed by atoms with Crippen molar-refractivity contribution >= 4 is 62.7 Å². The van der Waals surface area contributed by atoms with Crippen molar-refractivity contribution in [3.8, 4) is 5.19 Å². The standard InChI is InChI=1S/C29H30BrN3O5S2/c1-15-28(8-16-7-17(9-28)11-29(15,30)10-16)26(37)38-27-31-18(14-40-27)13-39-22-4-2-3-19-20(22)12-33(25(19)36)21-5-6-23(34)32-24(21)35/h2-4,14-17,21H,5-13H2,1H3,(H,32,34,35). The zero-order chi connectivity index (χ0) is 27.8. The van der Waals surface area contributed by atoms with Gasteiger partial charge < -0.3 is 9.64 Å². The Labute approximate surface area is 249 Å². The Morgan fingerprint density at radius 1 is 1.23 bits per heavy atom. The maximum Gasteiger partial charge on any atom is 0.319 e. The first-order valence-electron chi connectivity index (χ1n) is 13.9. The van der Waals surface area contributed by atoms with E-state index in [0.717, 1.165) is 41.8 Å². The number of thiazole rings is 1. The predicted octanol–water partition coefficient (Wildman–Crippen LogP) is 5.08. The van der Waals surface area contributed by atoms with Gasteiger partial charge in [0.25, 0.3) is 11.1 Å². The van der Waals surface area contributed by atoms with Crippen LogP contribution in [-0.4, -0.2) is 43.9 Å². The molecule has 4 aliphatic carbocycles. The van der Waals surface area contributed by atoms with Crippen LogP contribution in [0.25, 0.3) is 0 Å². The minimum absolute atomic E-state index is 0.0475. The molecule has 3 amide bonds. The van der Waals surface area contributed by atoms with Crippen LogP contribution in [0, 0.1) is 23.2 Å². The van der Waals surface area contributed by atoms with Gasteiger partial charge in [-0.3, -0.25) is 24.5 Å². The molecule has 8 nitrogen and oxygen atoms in total. The number of esters is 1. The number of carbonyl (C=O) groups excluding carboxylic acids is 4. The molecule has 1 N–H and O–H groups in total. The number of nitrogens with zero attached hydrogens (tertiary/aromatic N) is 2. The maximum atomic E-state index is 13.6. The molecule has 2 aliphatic heterocycles. The van der Waals surface area contributed by atoms with Gasteiger partial charge in [-0.2, -0.15) is 0 Å². The van der Waals surface area contributed by atoms with Crippen LogP contribution in [0.2, 0.25) is 0 Å². The van der Waals surface area contributed by atoms with E-state index < -0.39 is 17.4 Å². The molecule has 1 aromatic heterocycles. The molecule has 4 unspecified atom stereocenters. The Morgan fingerprint density at radius 2 is 2.00 bits per heavy atom. The fourth-order valence-electron chi connectivity index (χ4n) is 8.08. The van der Waals surface area contributed by atoms with Crippen molar-refractivity contribution in [1.82, 2.24) is 15.2 Å². The van der Waals surface area contributed by atoms with E-state index in [4.69, 9.17) is 4.74 Å². The van der Waals surface area contributed by atoms with Gasteiger partial charge >= 0.3 is 5.97 Å². The lowest BCUT2D eigenvalue weighted by Gasteiger charge is -2.62. The van der Waals surface area contributed by atoms with Crippen LogP contribution in [0.3, 0.4) is 0 Å². The Balaban J connectivity index is 1.02. The second-order valence-electron chi connectivity index (χ2n) is 12.2. The maximum absolute atomic E-state index is 13.6. The topological polar surface area (TPSA) is 106 Å². The number of hydrogen-bond acceptors (Lipinski definition) is 8. The third kappa shape index (κ3) is 4.26. The van der Waals surface area contributed by atoms with Crippen molar-refractivity contribution in [3.05, 3.63) is 40.4 Å². The molecule has 2 aromatic rings. The van der Waals surface area contributed by atoms with Crippen LogP contribution in [0.4, 0.5) is 0 Å². The summed E-state index contributed by atoms with van der Waals surface area (Å²) in [6.07, 6.45) is 5.93. The zero-order valence-corrected chi connectivity index (χ0v) is 25.3. The summed E-state index contributed by atoms with van der Waals surface area (Å²) < 4.78 is 6.01. The van der Waals surface area contributed by atoms with Gasteiger partial charge in [0.2, 0.25) is 11.8 Å². The number of amides is 3. The third-order valence-corrected chi connectivity index (χ3v) is 13.1. The lowest BCUT2D eigenvalue weighted by atomic mass is 9.45. The lowest BCUT2D eigenvalue weighted by molar-refractivity contribution is -0.168. The molecule has 1 aromatic carbocycles. The van der Waals surface area contributed by atoms with E-state index in [-0.39, 0.29) is 34.4 Å². The highest BCUT2D eigenvalue weighted by Crippen LogP contribution is 2.67. The van der Waals surface area contributed by atoms with Gasteiger partial charge in [-0.25, -0.2) is 4.98 Å². The van der Waals surface area contributed by atoms with Crippen LogP contribution in [-0.2, 0) is 26.7 Å². The molecule has 6 aliphatic rings. The second-order valence-corrected chi connectivity index (χ2v) is 15.6. The van der Waals surface area contributed by atoms with Crippen molar-refractivity contribution < 1.29 is 23.9 Å². The first-order chi connectivity index (χ1) is 19.1. The SMILES string of the molecule is CC1C2(Br)CC3CC(C2)CC1(C(=O)Oc1nc(CSc2cccc4c2CN(C2CCC(=O)NC2=O)C4=O)cs1)C3. The monoisotopic (exact) mass is 643 g/mol. The highest BCUT2D eigenvalue weighted by atomic mass is 79.9. The average Bonchev–Trinajstić information content (AvgIpc) is 3.49. The fraction of sp³-hybridized carbons (Fsp3) is 0.552. The Hall–Kier alpha value is -2.24. The third-order valence-electron chi connectivity index (χ3n) is 9.87. The summed E-state index contributed by atoms with van der Waals surface area (Å²) in [7, 11) is 0. The van der Waals surface area contributed by atoms with E-state index in [1.54, 1.807) is 22.7 Å². The number of piperidine rings is 1. The molecule has 5 fully saturated rings. The van der Waals surface area contributed by atoms with Gasteiger partial charge in [-0.05, 0) is 74.0 Å². The fourth-order valence-corrected chi connectivity index (χ4v) is 11.2. The molecule has 0 radical (unpaired) electrons. The van der Waals surface area contributed by atoms with Crippen LogP contribution in [0.1, 0.15) is 73.5 Å². The molecule has 40 heavy (non-hydrogen) atoms. The average molecular weight is 645 g/mol. The smallest absolute Gasteiger partial charge is 0.319 e. The molecule has 4 atom stereocenters. The normalized spacial score (nSPS) is 34.2. The van der Waals surface area contributed by atoms with E-state index >= 15 is 0 Å². The summed E-state index contributed by atoms with van der Waals surface area (Å²) in [5.74, 6) is 0.956.